The Morgan fingerprint density at radius 1 is 1.59 bits per heavy atom. The van der Waals surface area contributed by atoms with E-state index in [1.165, 1.54) is 12.8 Å². The van der Waals surface area contributed by atoms with Gasteiger partial charge in [0.2, 0.25) is 0 Å². The van der Waals surface area contributed by atoms with Gasteiger partial charge < -0.3 is 9.84 Å². The van der Waals surface area contributed by atoms with Gasteiger partial charge in [0, 0.05) is 6.04 Å². The van der Waals surface area contributed by atoms with Gasteiger partial charge in [-0.2, -0.15) is 4.98 Å². The van der Waals surface area contributed by atoms with Crippen molar-refractivity contribution in [2.75, 3.05) is 6.54 Å². The van der Waals surface area contributed by atoms with Crippen molar-refractivity contribution >= 4 is 0 Å². The molecule has 1 unspecified atom stereocenters. The van der Waals surface area contributed by atoms with Crippen molar-refractivity contribution in [3.05, 3.63) is 12.0 Å². The summed E-state index contributed by atoms with van der Waals surface area (Å²) in [6.45, 7) is 3.70. The van der Waals surface area contributed by atoms with Crippen LogP contribution in [0.15, 0.2) is 10.7 Å². The van der Waals surface area contributed by atoms with Gasteiger partial charge in [0.1, 0.15) is 0 Å². The second-order valence-electron chi connectivity index (χ2n) is 4.27. The summed E-state index contributed by atoms with van der Waals surface area (Å²) in [6.07, 6.45) is 4.26. The van der Waals surface area contributed by atoms with Gasteiger partial charge in [-0.3, -0.25) is 4.68 Å². The quantitative estimate of drug-likeness (QED) is 0.827. The molecule has 3 rings (SSSR count). The van der Waals surface area contributed by atoms with Crippen LogP contribution in [0.5, 0.6) is 0 Å². The van der Waals surface area contributed by atoms with E-state index in [9.17, 15) is 0 Å². The molecule has 0 amide bonds. The Kier molecular flexibility index (Phi) is 2.60. The Labute approximate surface area is 98.2 Å². The van der Waals surface area contributed by atoms with Gasteiger partial charge in [-0.1, -0.05) is 10.4 Å². The highest BCUT2D eigenvalue weighted by Crippen LogP contribution is 2.14. The van der Waals surface area contributed by atoms with Crippen LogP contribution in [0.2, 0.25) is 0 Å². The molecule has 3 heterocycles. The normalized spacial score (nSPS) is 19.9. The third-order valence-electron chi connectivity index (χ3n) is 2.86. The van der Waals surface area contributed by atoms with E-state index in [1.807, 2.05) is 10.9 Å². The van der Waals surface area contributed by atoms with E-state index in [4.69, 9.17) is 4.52 Å². The fourth-order valence-corrected chi connectivity index (χ4v) is 2.03. The zero-order valence-electron chi connectivity index (χ0n) is 9.63. The first kappa shape index (κ1) is 10.4. The predicted molar refractivity (Wildman–Crippen MR) is 59.1 cm³/mol. The third kappa shape index (κ3) is 2.19. The molecule has 2 aromatic rings. The number of nitrogens with one attached hydrogen (secondary N) is 1. The van der Waals surface area contributed by atoms with Gasteiger partial charge in [0.05, 0.1) is 12.7 Å². The van der Waals surface area contributed by atoms with E-state index in [0.29, 0.717) is 23.5 Å². The van der Waals surface area contributed by atoms with Crippen LogP contribution in [0.25, 0.3) is 11.6 Å². The lowest BCUT2D eigenvalue weighted by molar-refractivity contribution is 0.424. The maximum Gasteiger partial charge on any atom is 0.280 e. The Morgan fingerprint density at radius 3 is 3.24 bits per heavy atom. The highest BCUT2D eigenvalue weighted by Gasteiger charge is 2.16. The zero-order valence-corrected chi connectivity index (χ0v) is 9.63. The summed E-state index contributed by atoms with van der Waals surface area (Å²) in [7, 11) is 0. The topological polar surface area (TPSA) is 81.7 Å². The SMILES string of the molecule is Cc1noc(-c2cn(CC3CCCN3)nn2)n1. The van der Waals surface area contributed by atoms with Crippen molar-refractivity contribution < 1.29 is 4.52 Å². The van der Waals surface area contributed by atoms with Crippen LogP contribution >= 0.6 is 0 Å². The number of aryl methyl sites for hydroxylation is 1. The number of hydrogen-bond donors (Lipinski definition) is 1. The minimum absolute atomic E-state index is 0.424. The summed E-state index contributed by atoms with van der Waals surface area (Å²) in [5.41, 5.74) is 0.628. The van der Waals surface area contributed by atoms with E-state index in [1.54, 1.807) is 6.92 Å². The van der Waals surface area contributed by atoms with Gasteiger partial charge in [0.25, 0.3) is 5.89 Å². The minimum Gasteiger partial charge on any atom is -0.332 e. The molecule has 1 aliphatic heterocycles. The third-order valence-corrected chi connectivity index (χ3v) is 2.86. The second kappa shape index (κ2) is 4.25. The lowest BCUT2D eigenvalue weighted by Crippen LogP contribution is -2.26. The monoisotopic (exact) mass is 234 g/mol. The summed E-state index contributed by atoms with van der Waals surface area (Å²) in [6, 6.07) is 0.494. The van der Waals surface area contributed by atoms with E-state index in [-0.39, 0.29) is 0 Å². The molecule has 0 radical (unpaired) electrons. The van der Waals surface area contributed by atoms with Crippen LogP contribution in [0.3, 0.4) is 0 Å². The zero-order chi connectivity index (χ0) is 11.7. The van der Waals surface area contributed by atoms with E-state index >= 15 is 0 Å². The van der Waals surface area contributed by atoms with Crippen LogP contribution in [0.1, 0.15) is 18.7 Å². The highest BCUT2D eigenvalue weighted by molar-refractivity contribution is 5.43. The summed E-state index contributed by atoms with van der Waals surface area (Å²) in [5.74, 6) is 1.03. The Bertz CT molecular complexity index is 498. The Hall–Kier alpha value is -1.76. The number of nitrogens with zero attached hydrogens (tertiary/aromatic N) is 5. The van der Waals surface area contributed by atoms with Crippen LogP contribution in [-0.2, 0) is 6.54 Å². The standard InChI is InChI=1S/C10H14N6O/c1-7-12-10(17-14-7)9-6-16(15-13-9)5-8-3-2-4-11-8/h6,8,11H,2-5H2,1H3. The maximum atomic E-state index is 5.04. The number of rotatable bonds is 3. The summed E-state index contributed by atoms with van der Waals surface area (Å²) < 4.78 is 6.86. The summed E-state index contributed by atoms with van der Waals surface area (Å²) in [4.78, 5) is 4.12. The van der Waals surface area contributed by atoms with Gasteiger partial charge in [0.15, 0.2) is 11.5 Å². The first-order chi connectivity index (χ1) is 8.31. The first-order valence-corrected chi connectivity index (χ1v) is 5.75. The van der Waals surface area contributed by atoms with Crippen molar-refractivity contribution in [1.82, 2.24) is 30.5 Å². The van der Waals surface area contributed by atoms with Gasteiger partial charge in [-0.05, 0) is 26.3 Å². The molecule has 1 fully saturated rings. The maximum absolute atomic E-state index is 5.04. The molecule has 0 bridgehead atoms. The van der Waals surface area contributed by atoms with Crippen molar-refractivity contribution in [2.24, 2.45) is 0 Å². The molecule has 1 N–H and O–H groups in total. The van der Waals surface area contributed by atoms with Gasteiger partial charge in [-0.15, -0.1) is 5.10 Å². The van der Waals surface area contributed by atoms with E-state index in [2.05, 4.69) is 25.8 Å². The van der Waals surface area contributed by atoms with E-state index < -0.39 is 0 Å². The van der Waals surface area contributed by atoms with E-state index in [0.717, 1.165) is 13.1 Å². The molecule has 0 spiro atoms. The van der Waals surface area contributed by atoms with Gasteiger partial charge >= 0.3 is 0 Å². The molecule has 7 heteroatoms. The average molecular weight is 234 g/mol. The van der Waals surface area contributed by atoms with Gasteiger partial charge in [-0.25, -0.2) is 0 Å². The molecule has 90 valence electrons. The molecule has 1 atom stereocenters. The molecule has 7 nitrogen and oxygen atoms in total. The smallest absolute Gasteiger partial charge is 0.280 e. The molecule has 0 aliphatic carbocycles. The molecule has 17 heavy (non-hydrogen) atoms. The molecule has 1 saturated heterocycles. The van der Waals surface area contributed by atoms with Crippen LogP contribution in [-0.4, -0.2) is 37.7 Å². The minimum atomic E-state index is 0.424. The Morgan fingerprint density at radius 2 is 2.53 bits per heavy atom. The van der Waals surface area contributed by atoms with Crippen LogP contribution in [0, 0.1) is 6.92 Å². The van der Waals surface area contributed by atoms with Crippen LogP contribution < -0.4 is 5.32 Å². The number of hydrogen-bond acceptors (Lipinski definition) is 6. The predicted octanol–water partition coefficient (Wildman–Crippen LogP) is 0.389. The van der Waals surface area contributed by atoms with Crippen molar-refractivity contribution in [2.45, 2.75) is 32.4 Å². The fraction of sp³-hybridized carbons (Fsp3) is 0.600. The van der Waals surface area contributed by atoms with Crippen molar-refractivity contribution in [1.29, 1.82) is 0 Å². The summed E-state index contributed by atoms with van der Waals surface area (Å²) in [5, 5.41) is 15.2. The first-order valence-electron chi connectivity index (χ1n) is 5.75. The molecule has 1 aliphatic rings. The largest absolute Gasteiger partial charge is 0.332 e. The summed E-state index contributed by atoms with van der Waals surface area (Å²) >= 11 is 0. The lowest BCUT2D eigenvalue weighted by Gasteiger charge is -2.08. The molecule has 0 aromatic carbocycles. The molecular weight excluding hydrogens is 220 g/mol. The highest BCUT2D eigenvalue weighted by atomic mass is 16.5. The number of aromatic nitrogens is 5. The van der Waals surface area contributed by atoms with Crippen molar-refractivity contribution in [3.63, 3.8) is 0 Å². The fourth-order valence-electron chi connectivity index (χ4n) is 2.03. The van der Waals surface area contributed by atoms with Crippen LogP contribution in [0.4, 0.5) is 0 Å². The Balaban J connectivity index is 1.73. The molecule has 0 saturated carbocycles. The molecular formula is C10H14N6O. The second-order valence-corrected chi connectivity index (χ2v) is 4.27. The lowest BCUT2D eigenvalue weighted by atomic mass is 10.2. The van der Waals surface area contributed by atoms with Crippen molar-refractivity contribution in [3.8, 4) is 11.6 Å². The average Bonchev–Trinajstić information content (AvgIpc) is 2.99. The molecule has 2 aromatic heterocycles.